The maximum absolute atomic E-state index is 11.0. The van der Waals surface area contributed by atoms with Crippen molar-refractivity contribution in [1.29, 1.82) is 0 Å². The molecule has 4 rings (SSSR count). The zero-order valence-electron chi connectivity index (χ0n) is 17.9. The maximum atomic E-state index is 11.0. The van der Waals surface area contributed by atoms with Crippen molar-refractivity contribution in [3.63, 3.8) is 0 Å². The summed E-state index contributed by atoms with van der Waals surface area (Å²) in [6, 6.07) is 16.0. The van der Waals surface area contributed by atoms with Gasteiger partial charge in [0, 0.05) is 43.5 Å². The van der Waals surface area contributed by atoms with Crippen LogP contribution in [0.15, 0.2) is 42.5 Å². The molecule has 1 aliphatic heterocycles. The van der Waals surface area contributed by atoms with Crippen LogP contribution in [0.5, 0.6) is 0 Å². The number of aryl methyl sites for hydroxylation is 1. The van der Waals surface area contributed by atoms with Crippen LogP contribution in [0.25, 0.3) is 0 Å². The van der Waals surface area contributed by atoms with Gasteiger partial charge in [-0.15, -0.1) is 0 Å². The van der Waals surface area contributed by atoms with Gasteiger partial charge in [-0.2, -0.15) is 0 Å². The second-order valence-electron chi connectivity index (χ2n) is 8.86. The number of nitrogens with zero attached hydrogens (tertiary/aromatic N) is 2. The Morgan fingerprint density at radius 3 is 2.24 bits per heavy atom. The smallest absolute Gasteiger partial charge is 0.150 e. The summed E-state index contributed by atoms with van der Waals surface area (Å²) in [5.41, 5.74) is 6.19. The van der Waals surface area contributed by atoms with E-state index < -0.39 is 0 Å². The first-order valence-electron chi connectivity index (χ1n) is 11.3. The molecule has 2 aliphatic rings. The van der Waals surface area contributed by atoms with Gasteiger partial charge in [-0.1, -0.05) is 43.5 Å². The maximum Gasteiger partial charge on any atom is 0.150 e. The van der Waals surface area contributed by atoms with E-state index in [2.05, 4.69) is 54.0 Å². The normalized spacial score (nSPS) is 19.9. The van der Waals surface area contributed by atoms with E-state index >= 15 is 0 Å². The minimum Gasteiger partial charge on any atom is -0.369 e. The molecule has 1 saturated carbocycles. The van der Waals surface area contributed by atoms with Crippen LogP contribution in [-0.4, -0.2) is 37.4 Å². The fraction of sp³-hybridized carbons (Fsp3) is 0.500. The summed E-state index contributed by atoms with van der Waals surface area (Å²) in [5, 5.41) is 0. The average molecular weight is 391 g/mol. The Morgan fingerprint density at radius 2 is 1.62 bits per heavy atom. The number of piperazine rings is 1. The Kier molecular flexibility index (Phi) is 6.34. The van der Waals surface area contributed by atoms with Crippen molar-refractivity contribution in [2.45, 2.75) is 57.9 Å². The lowest BCUT2D eigenvalue weighted by atomic mass is 9.83. The van der Waals surface area contributed by atoms with Crippen molar-refractivity contribution in [3.05, 3.63) is 64.7 Å². The summed E-state index contributed by atoms with van der Waals surface area (Å²) in [7, 11) is 0. The summed E-state index contributed by atoms with van der Waals surface area (Å²) >= 11 is 0. The number of anilines is 1. The van der Waals surface area contributed by atoms with Gasteiger partial charge in [0.05, 0.1) is 0 Å². The van der Waals surface area contributed by atoms with Gasteiger partial charge in [0.15, 0.2) is 0 Å². The highest BCUT2D eigenvalue weighted by molar-refractivity contribution is 5.77. The molecular weight excluding hydrogens is 356 g/mol. The highest BCUT2D eigenvalue weighted by atomic mass is 16.1. The molecule has 154 valence electrons. The van der Waals surface area contributed by atoms with Crippen LogP contribution in [-0.2, 0) is 0 Å². The molecule has 0 spiro atoms. The SMILES string of the molecule is Cc1cc(C=O)ccc1N1CCN(C(C)c2ccc(C3CCCCC3)cc2)CC1. The van der Waals surface area contributed by atoms with Crippen molar-refractivity contribution in [2.75, 3.05) is 31.1 Å². The Bertz CT molecular complexity index is 815. The van der Waals surface area contributed by atoms with Crippen molar-refractivity contribution in [1.82, 2.24) is 4.90 Å². The molecule has 3 nitrogen and oxygen atoms in total. The van der Waals surface area contributed by atoms with E-state index in [1.165, 1.54) is 48.9 Å². The van der Waals surface area contributed by atoms with Crippen LogP contribution in [0.3, 0.4) is 0 Å². The number of benzene rings is 2. The standard InChI is InChI=1S/C26H34N2O/c1-20-18-22(19-29)8-13-26(20)28-16-14-27(15-17-28)21(2)23-9-11-25(12-10-23)24-6-4-3-5-7-24/h8-13,18-19,21,24H,3-7,14-17H2,1-2H3. The van der Waals surface area contributed by atoms with Crippen LogP contribution in [0, 0.1) is 6.92 Å². The topological polar surface area (TPSA) is 23.6 Å². The van der Waals surface area contributed by atoms with Gasteiger partial charge in [-0.25, -0.2) is 0 Å². The highest BCUT2D eigenvalue weighted by Crippen LogP contribution is 2.33. The quantitative estimate of drug-likeness (QED) is 0.608. The summed E-state index contributed by atoms with van der Waals surface area (Å²) in [6.45, 7) is 8.65. The van der Waals surface area contributed by atoms with Gasteiger partial charge in [-0.3, -0.25) is 9.69 Å². The van der Waals surface area contributed by atoms with E-state index in [0.717, 1.165) is 43.9 Å². The lowest BCUT2D eigenvalue weighted by Crippen LogP contribution is -2.47. The van der Waals surface area contributed by atoms with Crippen molar-refractivity contribution < 1.29 is 4.79 Å². The van der Waals surface area contributed by atoms with E-state index in [0.29, 0.717) is 6.04 Å². The minimum absolute atomic E-state index is 0.455. The van der Waals surface area contributed by atoms with Crippen LogP contribution < -0.4 is 4.90 Å². The number of carbonyl (C=O) groups is 1. The molecule has 2 aromatic rings. The summed E-state index contributed by atoms with van der Waals surface area (Å²) in [6.07, 6.45) is 7.86. The van der Waals surface area contributed by atoms with Crippen LogP contribution in [0.1, 0.15) is 78.0 Å². The molecule has 0 aromatic heterocycles. The van der Waals surface area contributed by atoms with Gasteiger partial charge in [0.2, 0.25) is 0 Å². The Labute approximate surface area is 175 Å². The third-order valence-corrected chi connectivity index (χ3v) is 7.06. The zero-order valence-corrected chi connectivity index (χ0v) is 17.9. The predicted octanol–water partition coefficient (Wildman–Crippen LogP) is 5.74. The third-order valence-electron chi connectivity index (χ3n) is 7.06. The van der Waals surface area contributed by atoms with Crippen LogP contribution in [0.4, 0.5) is 5.69 Å². The molecule has 1 aliphatic carbocycles. The minimum atomic E-state index is 0.455. The van der Waals surface area contributed by atoms with Gasteiger partial charge in [0.1, 0.15) is 6.29 Å². The summed E-state index contributed by atoms with van der Waals surface area (Å²) in [4.78, 5) is 16.0. The van der Waals surface area contributed by atoms with Gasteiger partial charge in [-0.05, 0) is 67.5 Å². The Balaban J connectivity index is 1.36. The molecule has 0 amide bonds. The molecule has 1 saturated heterocycles. The number of carbonyl (C=O) groups excluding carboxylic acids is 1. The molecule has 1 heterocycles. The van der Waals surface area contributed by atoms with Gasteiger partial charge >= 0.3 is 0 Å². The molecule has 1 atom stereocenters. The molecule has 0 radical (unpaired) electrons. The van der Waals surface area contributed by atoms with Crippen molar-refractivity contribution >= 4 is 12.0 Å². The predicted molar refractivity (Wildman–Crippen MR) is 121 cm³/mol. The van der Waals surface area contributed by atoms with Gasteiger partial charge < -0.3 is 4.90 Å². The van der Waals surface area contributed by atoms with E-state index in [4.69, 9.17) is 0 Å². The first kappa shape index (κ1) is 20.2. The zero-order chi connectivity index (χ0) is 20.2. The number of hydrogen-bond donors (Lipinski definition) is 0. The molecule has 2 fully saturated rings. The van der Waals surface area contributed by atoms with E-state index in [-0.39, 0.29) is 0 Å². The first-order valence-corrected chi connectivity index (χ1v) is 11.3. The lowest BCUT2D eigenvalue weighted by molar-refractivity contribution is 0.112. The molecular formula is C26H34N2O. The molecule has 1 unspecified atom stereocenters. The second-order valence-corrected chi connectivity index (χ2v) is 8.86. The second kappa shape index (κ2) is 9.13. The molecule has 0 N–H and O–H groups in total. The van der Waals surface area contributed by atoms with Crippen molar-refractivity contribution in [3.8, 4) is 0 Å². The monoisotopic (exact) mass is 390 g/mol. The number of aldehydes is 1. The number of rotatable bonds is 5. The van der Waals surface area contributed by atoms with Crippen molar-refractivity contribution in [2.24, 2.45) is 0 Å². The average Bonchev–Trinajstić information content (AvgIpc) is 2.79. The Morgan fingerprint density at radius 1 is 0.931 bits per heavy atom. The summed E-state index contributed by atoms with van der Waals surface area (Å²) in [5.74, 6) is 0.783. The molecule has 0 bridgehead atoms. The lowest BCUT2D eigenvalue weighted by Gasteiger charge is -2.40. The molecule has 29 heavy (non-hydrogen) atoms. The highest BCUT2D eigenvalue weighted by Gasteiger charge is 2.23. The summed E-state index contributed by atoms with van der Waals surface area (Å²) < 4.78 is 0. The number of hydrogen-bond acceptors (Lipinski definition) is 3. The first-order chi connectivity index (χ1) is 14.2. The van der Waals surface area contributed by atoms with Crippen LogP contribution >= 0.6 is 0 Å². The Hall–Kier alpha value is -2.13. The van der Waals surface area contributed by atoms with E-state index in [9.17, 15) is 4.79 Å². The fourth-order valence-electron chi connectivity index (χ4n) is 5.15. The van der Waals surface area contributed by atoms with E-state index in [1.807, 2.05) is 12.1 Å². The third kappa shape index (κ3) is 4.56. The fourth-order valence-corrected chi connectivity index (χ4v) is 5.15. The molecule has 2 aromatic carbocycles. The molecule has 3 heteroatoms. The van der Waals surface area contributed by atoms with E-state index in [1.54, 1.807) is 5.56 Å². The van der Waals surface area contributed by atoms with Gasteiger partial charge in [0.25, 0.3) is 0 Å². The van der Waals surface area contributed by atoms with Crippen LogP contribution in [0.2, 0.25) is 0 Å². The largest absolute Gasteiger partial charge is 0.369 e.